The highest BCUT2D eigenvalue weighted by molar-refractivity contribution is 5.92. The molecule has 0 aromatic heterocycles. The number of nitro groups is 1. The Morgan fingerprint density at radius 1 is 1.43 bits per heavy atom. The highest BCUT2D eigenvalue weighted by Crippen LogP contribution is 2.25. The van der Waals surface area contributed by atoms with Gasteiger partial charge in [-0.2, -0.15) is 0 Å². The summed E-state index contributed by atoms with van der Waals surface area (Å²) in [5.41, 5.74) is -0.0695. The average Bonchev–Trinajstić information content (AvgIpc) is 2.52. The fraction of sp³-hybridized carbons (Fsp3) is 0.667. The average molecular weight is 294 g/mol. The molecule has 0 aromatic carbocycles. The number of carbonyl (C=O) groups is 1. The first-order valence-electron chi connectivity index (χ1n) is 7.50. The number of nitrogens with zero attached hydrogens (tertiary/aromatic N) is 1. The van der Waals surface area contributed by atoms with Crippen LogP contribution in [-0.4, -0.2) is 30.6 Å². The molecule has 0 radical (unpaired) electrons. The number of ether oxygens (including phenoxy) is 1. The molecule has 2 aliphatic rings. The molecule has 6 nitrogen and oxygen atoms in total. The summed E-state index contributed by atoms with van der Waals surface area (Å²) in [6.07, 6.45) is 10.00. The first kappa shape index (κ1) is 15.7. The van der Waals surface area contributed by atoms with Crippen LogP contribution >= 0.6 is 0 Å². The molecule has 2 aliphatic carbocycles. The van der Waals surface area contributed by atoms with E-state index in [1.54, 1.807) is 6.08 Å². The Kier molecular flexibility index (Phi) is 5.50. The zero-order valence-corrected chi connectivity index (χ0v) is 12.3. The number of rotatable bonds is 5. The zero-order valence-electron chi connectivity index (χ0n) is 12.3. The van der Waals surface area contributed by atoms with Crippen LogP contribution in [0.2, 0.25) is 0 Å². The first-order chi connectivity index (χ1) is 10.1. The lowest BCUT2D eigenvalue weighted by Crippen LogP contribution is -2.35. The van der Waals surface area contributed by atoms with Gasteiger partial charge in [0.15, 0.2) is 0 Å². The minimum absolute atomic E-state index is 0.0733. The number of nitrogens with one attached hydrogen (secondary N) is 1. The Morgan fingerprint density at radius 2 is 2.14 bits per heavy atom. The summed E-state index contributed by atoms with van der Waals surface area (Å²) in [4.78, 5) is 22.1. The van der Waals surface area contributed by atoms with Crippen LogP contribution in [0.4, 0.5) is 0 Å². The fourth-order valence-corrected chi connectivity index (χ4v) is 2.98. The molecule has 0 heterocycles. The van der Waals surface area contributed by atoms with Gasteiger partial charge >= 0.3 is 5.97 Å². The lowest BCUT2D eigenvalue weighted by Gasteiger charge is -2.25. The van der Waals surface area contributed by atoms with E-state index < -0.39 is 10.9 Å². The predicted molar refractivity (Wildman–Crippen MR) is 78.2 cm³/mol. The van der Waals surface area contributed by atoms with Crippen molar-refractivity contribution in [2.45, 2.75) is 44.6 Å². The van der Waals surface area contributed by atoms with Gasteiger partial charge in [-0.25, -0.2) is 4.79 Å². The Labute approximate surface area is 124 Å². The van der Waals surface area contributed by atoms with E-state index in [1.165, 1.54) is 45.3 Å². The van der Waals surface area contributed by atoms with Crippen molar-refractivity contribution in [2.24, 2.45) is 5.92 Å². The van der Waals surface area contributed by atoms with Gasteiger partial charge in [0.05, 0.1) is 12.0 Å². The number of carbonyl (C=O) groups excluding carboxylic acids is 1. The third kappa shape index (κ3) is 4.14. The Bertz CT molecular complexity index is 464. The molecule has 21 heavy (non-hydrogen) atoms. The van der Waals surface area contributed by atoms with Gasteiger partial charge in [0.1, 0.15) is 5.57 Å². The lowest BCUT2D eigenvalue weighted by molar-refractivity contribution is -0.421. The summed E-state index contributed by atoms with van der Waals surface area (Å²) in [7, 11) is 1.24. The number of esters is 1. The topological polar surface area (TPSA) is 81.5 Å². The van der Waals surface area contributed by atoms with Crippen molar-refractivity contribution in [3.63, 3.8) is 0 Å². The van der Waals surface area contributed by atoms with Crippen LogP contribution in [-0.2, 0) is 9.53 Å². The van der Waals surface area contributed by atoms with Gasteiger partial charge in [-0.3, -0.25) is 10.1 Å². The van der Waals surface area contributed by atoms with Crippen LogP contribution in [0.15, 0.2) is 23.4 Å². The molecule has 1 unspecified atom stereocenters. The molecule has 1 fully saturated rings. The van der Waals surface area contributed by atoms with Crippen molar-refractivity contribution in [1.82, 2.24) is 5.32 Å². The van der Waals surface area contributed by atoms with E-state index >= 15 is 0 Å². The fourth-order valence-electron chi connectivity index (χ4n) is 2.98. The molecule has 0 amide bonds. The third-order valence-electron chi connectivity index (χ3n) is 4.17. The van der Waals surface area contributed by atoms with Crippen LogP contribution < -0.4 is 5.32 Å². The van der Waals surface area contributed by atoms with Crippen molar-refractivity contribution in [1.29, 1.82) is 0 Å². The van der Waals surface area contributed by atoms with E-state index in [9.17, 15) is 14.9 Å². The van der Waals surface area contributed by atoms with Gasteiger partial charge in [0.2, 0.25) is 0 Å². The highest BCUT2D eigenvalue weighted by Gasteiger charge is 2.30. The van der Waals surface area contributed by atoms with Crippen LogP contribution in [0, 0.1) is 16.0 Å². The summed E-state index contributed by atoms with van der Waals surface area (Å²) < 4.78 is 4.64. The summed E-state index contributed by atoms with van der Waals surface area (Å²) in [5, 5.41) is 14.5. The first-order valence-corrected chi connectivity index (χ1v) is 7.50. The molecule has 0 aliphatic heterocycles. The van der Waals surface area contributed by atoms with Gasteiger partial charge in [0.25, 0.3) is 5.70 Å². The molecular weight excluding hydrogens is 272 g/mol. The van der Waals surface area contributed by atoms with Crippen molar-refractivity contribution in [3.8, 4) is 0 Å². The Balaban J connectivity index is 1.97. The van der Waals surface area contributed by atoms with E-state index in [-0.39, 0.29) is 17.2 Å². The van der Waals surface area contributed by atoms with Gasteiger partial charge in [0, 0.05) is 12.6 Å². The quantitative estimate of drug-likeness (QED) is 0.477. The maximum atomic E-state index is 11.7. The second-order valence-corrected chi connectivity index (χ2v) is 5.66. The summed E-state index contributed by atoms with van der Waals surface area (Å²) >= 11 is 0. The molecule has 2 rings (SSSR count). The molecule has 0 saturated heterocycles. The minimum Gasteiger partial charge on any atom is -0.465 e. The van der Waals surface area contributed by atoms with Crippen LogP contribution in [0.25, 0.3) is 0 Å². The molecule has 6 heteroatoms. The molecular formula is C15H22N2O4. The minimum atomic E-state index is -0.639. The molecule has 1 atom stereocenters. The summed E-state index contributed by atoms with van der Waals surface area (Å²) in [6, 6.07) is 0.537. The van der Waals surface area contributed by atoms with E-state index in [4.69, 9.17) is 0 Å². The van der Waals surface area contributed by atoms with Crippen molar-refractivity contribution in [2.75, 3.05) is 13.7 Å². The standard InChI is InChI=1S/C15H22N2O4/c1-21-15(18)13-9-11(7-8-14(13)17(19)20)10-16-12-5-3-2-4-6-12/h8-9,11-12,16H,2-7,10H2,1H3. The Morgan fingerprint density at radius 3 is 2.76 bits per heavy atom. The van der Waals surface area contributed by atoms with Crippen LogP contribution in [0.1, 0.15) is 38.5 Å². The van der Waals surface area contributed by atoms with E-state index in [0.29, 0.717) is 12.5 Å². The van der Waals surface area contributed by atoms with Crippen LogP contribution in [0.5, 0.6) is 0 Å². The van der Waals surface area contributed by atoms with E-state index in [0.717, 1.165) is 6.54 Å². The van der Waals surface area contributed by atoms with Gasteiger partial charge in [-0.15, -0.1) is 0 Å². The second-order valence-electron chi connectivity index (χ2n) is 5.66. The third-order valence-corrected chi connectivity index (χ3v) is 4.17. The van der Waals surface area contributed by atoms with Gasteiger partial charge in [-0.05, 0) is 31.3 Å². The SMILES string of the molecule is COC(=O)C1=CC(CNC2CCCCC2)CC=C1[N+](=O)[O-]. The number of methoxy groups -OCH3 is 1. The molecule has 1 saturated carbocycles. The highest BCUT2D eigenvalue weighted by atomic mass is 16.6. The van der Waals surface area contributed by atoms with Crippen molar-refractivity contribution < 1.29 is 14.5 Å². The smallest absolute Gasteiger partial charge is 0.344 e. The molecule has 0 bridgehead atoms. The number of hydrogen-bond acceptors (Lipinski definition) is 5. The number of allylic oxidation sites excluding steroid dienone is 1. The predicted octanol–water partition coefficient (Wildman–Crippen LogP) is 2.19. The normalized spacial score (nSPS) is 23.2. The number of hydrogen-bond donors (Lipinski definition) is 1. The van der Waals surface area contributed by atoms with Gasteiger partial charge in [-0.1, -0.05) is 25.3 Å². The molecule has 1 N–H and O–H groups in total. The second kappa shape index (κ2) is 7.36. The van der Waals surface area contributed by atoms with E-state index in [2.05, 4.69) is 10.1 Å². The van der Waals surface area contributed by atoms with Crippen molar-refractivity contribution in [3.05, 3.63) is 33.5 Å². The van der Waals surface area contributed by atoms with Crippen LogP contribution in [0.3, 0.4) is 0 Å². The largest absolute Gasteiger partial charge is 0.465 e. The Hall–Kier alpha value is -1.69. The molecule has 0 aromatic rings. The van der Waals surface area contributed by atoms with Crippen molar-refractivity contribution >= 4 is 5.97 Å². The summed E-state index contributed by atoms with van der Waals surface area (Å²) in [6.45, 7) is 0.743. The van der Waals surface area contributed by atoms with Gasteiger partial charge < -0.3 is 10.1 Å². The maximum absolute atomic E-state index is 11.7. The maximum Gasteiger partial charge on any atom is 0.344 e. The summed E-state index contributed by atoms with van der Waals surface area (Å²) in [5.74, 6) is -0.537. The zero-order chi connectivity index (χ0) is 15.2. The van der Waals surface area contributed by atoms with E-state index in [1.807, 2.05) is 0 Å². The molecule has 116 valence electrons. The monoisotopic (exact) mass is 294 g/mol. The molecule has 0 spiro atoms. The lowest BCUT2D eigenvalue weighted by atomic mass is 9.92.